The first-order chi connectivity index (χ1) is 22.0. The van der Waals surface area contributed by atoms with Crippen molar-refractivity contribution in [1.29, 1.82) is 0 Å². The number of benzene rings is 2. The van der Waals surface area contributed by atoms with Crippen molar-refractivity contribution in [1.82, 2.24) is 34.3 Å². The van der Waals surface area contributed by atoms with Gasteiger partial charge in [0.1, 0.15) is 12.4 Å². The van der Waals surface area contributed by atoms with Gasteiger partial charge >= 0.3 is 0 Å². The Kier molecular flexibility index (Phi) is 7.51. The Balaban J connectivity index is 1.18. The van der Waals surface area contributed by atoms with Crippen LogP contribution in [0.3, 0.4) is 0 Å². The van der Waals surface area contributed by atoms with Crippen LogP contribution in [-0.4, -0.2) is 86.2 Å². The molecule has 4 aromatic heterocycles. The summed E-state index contributed by atoms with van der Waals surface area (Å²) in [6.45, 7) is 4.94. The lowest BCUT2D eigenvalue weighted by Gasteiger charge is -2.42. The number of nitrogens with zero attached hydrogens (tertiary/aromatic N) is 8. The zero-order chi connectivity index (χ0) is 30.9. The van der Waals surface area contributed by atoms with E-state index in [0.717, 1.165) is 17.0 Å². The van der Waals surface area contributed by atoms with Crippen LogP contribution < -0.4 is 15.4 Å². The number of anilines is 2. The van der Waals surface area contributed by atoms with Crippen LogP contribution in [0.4, 0.5) is 11.6 Å². The van der Waals surface area contributed by atoms with Crippen molar-refractivity contribution >= 4 is 34.2 Å². The standard InChI is InChI=1S/C32H33N9O4/c1-21-20-38(14-15-39(21)23-10-12-24(13-11-23)44-18-17-43-2)31(42)27(22-7-4-3-5-8-22)40-30-25(19-34-40)29-35-28(26-9-6-16-45-26)37-41(29)32(33)36-30/h3-13,16,19,21,27H,14-15,17-18,20H2,1-2H3,(H2,33,36)/t21-,27+/m1/s1. The van der Waals surface area contributed by atoms with Gasteiger partial charge in [-0.1, -0.05) is 30.3 Å². The highest BCUT2D eigenvalue weighted by Crippen LogP contribution is 2.30. The smallest absolute Gasteiger partial charge is 0.252 e. The Hall–Kier alpha value is -5.43. The summed E-state index contributed by atoms with van der Waals surface area (Å²) in [4.78, 5) is 27.9. The fourth-order valence-corrected chi connectivity index (χ4v) is 5.84. The molecule has 2 aromatic carbocycles. The molecular formula is C32H33N9O4. The lowest BCUT2D eigenvalue weighted by Crippen LogP contribution is -2.55. The van der Waals surface area contributed by atoms with E-state index in [1.807, 2.05) is 47.4 Å². The van der Waals surface area contributed by atoms with Crippen LogP contribution in [0.15, 0.2) is 83.6 Å². The molecule has 13 nitrogen and oxygen atoms in total. The Morgan fingerprint density at radius 2 is 1.84 bits per heavy atom. The van der Waals surface area contributed by atoms with Crippen molar-refractivity contribution in [2.24, 2.45) is 0 Å². The summed E-state index contributed by atoms with van der Waals surface area (Å²) in [7, 11) is 1.65. The minimum atomic E-state index is -0.757. The predicted molar refractivity (Wildman–Crippen MR) is 168 cm³/mol. The number of amides is 1. The second-order valence-electron chi connectivity index (χ2n) is 10.9. The van der Waals surface area contributed by atoms with E-state index in [1.165, 1.54) is 4.52 Å². The number of rotatable bonds is 9. The van der Waals surface area contributed by atoms with Gasteiger partial charge in [0.15, 0.2) is 23.1 Å². The molecule has 0 unspecified atom stereocenters. The van der Waals surface area contributed by atoms with Gasteiger partial charge in [-0.05, 0) is 48.9 Å². The number of carbonyl (C=O) groups is 1. The van der Waals surface area contributed by atoms with Gasteiger partial charge in [0.05, 0.1) is 24.5 Å². The Morgan fingerprint density at radius 1 is 1.02 bits per heavy atom. The highest BCUT2D eigenvalue weighted by Gasteiger charge is 2.34. The fraction of sp³-hybridized carbons (Fsp3) is 0.281. The molecule has 0 radical (unpaired) electrons. The first kappa shape index (κ1) is 28.3. The summed E-state index contributed by atoms with van der Waals surface area (Å²) in [6, 6.07) is 20.5. The van der Waals surface area contributed by atoms with Crippen molar-refractivity contribution in [3.63, 3.8) is 0 Å². The van der Waals surface area contributed by atoms with Gasteiger partial charge in [0.2, 0.25) is 11.8 Å². The number of fused-ring (bicyclic) bond motifs is 3. The van der Waals surface area contributed by atoms with Crippen LogP contribution in [0.1, 0.15) is 18.5 Å². The van der Waals surface area contributed by atoms with Gasteiger partial charge in [-0.3, -0.25) is 4.79 Å². The van der Waals surface area contributed by atoms with E-state index >= 15 is 0 Å². The number of hydrogen-bond acceptors (Lipinski definition) is 10. The monoisotopic (exact) mass is 607 g/mol. The summed E-state index contributed by atoms with van der Waals surface area (Å²) < 4.78 is 19.4. The highest BCUT2D eigenvalue weighted by molar-refractivity contribution is 5.92. The minimum absolute atomic E-state index is 0.0717. The summed E-state index contributed by atoms with van der Waals surface area (Å²) in [5.41, 5.74) is 9.17. The van der Waals surface area contributed by atoms with Crippen LogP contribution >= 0.6 is 0 Å². The van der Waals surface area contributed by atoms with E-state index in [-0.39, 0.29) is 17.9 Å². The number of furan rings is 1. The molecule has 45 heavy (non-hydrogen) atoms. The number of carbonyl (C=O) groups excluding carboxylic acids is 1. The molecule has 1 saturated heterocycles. The number of hydrogen-bond donors (Lipinski definition) is 1. The topological polar surface area (TPSA) is 142 Å². The largest absolute Gasteiger partial charge is 0.491 e. The SMILES string of the molecule is COCCOc1ccc(N2CCN(C(=O)[C@H](c3ccccc3)n3ncc4c3nc(N)n3nc(-c5ccco5)nc43)C[C@H]2C)cc1. The Bertz CT molecular complexity index is 1920. The van der Waals surface area contributed by atoms with Crippen molar-refractivity contribution in [2.75, 3.05) is 50.6 Å². The number of nitrogens with two attached hydrogens (primary N) is 1. The molecule has 6 aromatic rings. The average Bonchev–Trinajstić information content (AvgIpc) is 3.83. The van der Waals surface area contributed by atoms with Gasteiger partial charge in [0, 0.05) is 38.5 Å². The number of methoxy groups -OCH3 is 1. The summed E-state index contributed by atoms with van der Waals surface area (Å²) in [5.74, 6) is 1.74. The van der Waals surface area contributed by atoms with Crippen LogP contribution in [0.25, 0.3) is 28.3 Å². The van der Waals surface area contributed by atoms with Crippen molar-refractivity contribution in [3.05, 3.63) is 84.8 Å². The predicted octanol–water partition coefficient (Wildman–Crippen LogP) is 3.67. The molecule has 13 heteroatoms. The zero-order valence-corrected chi connectivity index (χ0v) is 25.0. The molecule has 2 N–H and O–H groups in total. The summed E-state index contributed by atoms with van der Waals surface area (Å²) in [6.07, 6.45) is 3.22. The van der Waals surface area contributed by atoms with E-state index in [9.17, 15) is 4.79 Å². The van der Waals surface area contributed by atoms with E-state index in [2.05, 4.69) is 44.1 Å². The molecule has 2 atom stereocenters. The summed E-state index contributed by atoms with van der Waals surface area (Å²) >= 11 is 0. The lowest BCUT2D eigenvalue weighted by atomic mass is 10.0. The third-order valence-electron chi connectivity index (χ3n) is 8.05. The molecule has 1 aliphatic rings. The first-order valence-corrected chi connectivity index (χ1v) is 14.8. The van der Waals surface area contributed by atoms with Crippen LogP contribution in [0.2, 0.25) is 0 Å². The molecule has 1 aliphatic heterocycles. The lowest BCUT2D eigenvalue weighted by molar-refractivity contribution is -0.134. The van der Waals surface area contributed by atoms with Crippen molar-refractivity contribution in [2.45, 2.75) is 19.0 Å². The molecule has 0 saturated carbocycles. The number of ether oxygens (including phenoxy) is 2. The van der Waals surface area contributed by atoms with Gasteiger partial charge in [0.25, 0.3) is 5.91 Å². The minimum Gasteiger partial charge on any atom is -0.491 e. The second-order valence-corrected chi connectivity index (χ2v) is 10.9. The molecule has 0 bridgehead atoms. The molecule has 1 amide bonds. The van der Waals surface area contributed by atoms with E-state index in [0.29, 0.717) is 61.1 Å². The van der Waals surface area contributed by atoms with Crippen molar-refractivity contribution < 1.29 is 18.7 Å². The number of nitrogen functional groups attached to an aromatic ring is 1. The first-order valence-electron chi connectivity index (χ1n) is 14.8. The quantitative estimate of drug-likeness (QED) is 0.242. The molecule has 0 spiro atoms. The van der Waals surface area contributed by atoms with Gasteiger partial charge in [-0.15, -0.1) is 5.10 Å². The van der Waals surface area contributed by atoms with Gasteiger partial charge < -0.3 is 29.4 Å². The Morgan fingerprint density at radius 3 is 2.58 bits per heavy atom. The Labute approximate surface area is 258 Å². The highest BCUT2D eigenvalue weighted by atomic mass is 16.5. The molecule has 0 aliphatic carbocycles. The molecule has 7 rings (SSSR count). The average molecular weight is 608 g/mol. The normalized spacial score (nSPS) is 16.0. The van der Waals surface area contributed by atoms with Crippen LogP contribution in [0, 0.1) is 0 Å². The van der Waals surface area contributed by atoms with Gasteiger partial charge in [-0.2, -0.15) is 14.6 Å². The van der Waals surface area contributed by atoms with E-state index in [1.54, 1.807) is 36.4 Å². The maximum Gasteiger partial charge on any atom is 0.252 e. The maximum atomic E-state index is 14.4. The molecule has 5 heterocycles. The number of piperazine rings is 1. The maximum absolute atomic E-state index is 14.4. The van der Waals surface area contributed by atoms with E-state index in [4.69, 9.17) is 19.6 Å². The molecular weight excluding hydrogens is 574 g/mol. The third-order valence-corrected chi connectivity index (χ3v) is 8.05. The van der Waals surface area contributed by atoms with Gasteiger partial charge in [-0.25, -0.2) is 9.67 Å². The fourth-order valence-electron chi connectivity index (χ4n) is 5.84. The van der Waals surface area contributed by atoms with Crippen LogP contribution in [0.5, 0.6) is 5.75 Å². The zero-order valence-electron chi connectivity index (χ0n) is 25.0. The van der Waals surface area contributed by atoms with E-state index < -0.39 is 6.04 Å². The van der Waals surface area contributed by atoms with Crippen molar-refractivity contribution in [3.8, 4) is 17.3 Å². The number of aromatic nitrogens is 6. The molecule has 1 fully saturated rings. The second kappa shape index (κ2) is 11.9. The third kappa shape index (κ3) is 5.31. The summed E-state index contributed by atoms with van der Waals surface area (Å²) in [5, 5.41) is 9.79. The molecule has 230 valence electrons. The van der Waals surface area contributed by atoms with Crippen LogP contribution in [-0.2, 0) is 9.53 Å².